The SMILES string of the molecule is CCCN(Cc1cc(F)cc([N+](=O)[O-])c1)C1CNC1. The van der Waals surface area contributed by atoms with Crippen LogP contribution in [0.1, 0.15) is 18.9 Å². The van der Waals surface area contributed by atoms with E-state index >= 15 is 0 Å². The third kappa shape index (κ3) is 3.48. The molecular weight excluding hydrogens is 249 g/mol. The fourth-order valence-corrected chi connectivity index (χ4v) is 2.27. The minimum atomic E-state index is -0.554. The first-order valence-electron chi connectivity index (χ1n) is 6.48. The van der Waals surface area contributed by atoms with Gasteiger partial charge in [-0.3, -0.25) is 15.0 Å². The van der Waals surface area contributed by atoms with Gasteiger partial charge in [-0.25, -0.2) is 4.39 Å². The smallest absolute Gasteiger partial charge is 0.272 e. The standard InChI is InChI=1S/C13H18FN3O2/c1-2-3-16(13-7-15-8-13)9-10-4-11(14)6-12(5-10)17(18)19/h4-6,13,15H,2-3,7-9H2,1H3. The van der Waals surface area contributed by atoms with Crippen molar-refractivity contribution in [2.75, 3.05) is 19.6 Å². The Hall–Kier alpha value is -1.53. The monoisotopic (exact) mass is 267 g/mol. The minimum absolute atomic E-state index is 0.182. The summed E-state index contributed by atoms with van der Waals surface area (Å²) in [6, 6.07) is 4.24. The van der Waals surface area contributed by atoms with E-state index in [4.69, 9.17) is 0 Å². The van der Waals surface area contributed by atoms with Crippen molar-refractivity contribution in [3.63, 3.8) is 0 Å². The van der Waals surface area contributed by atoms with E-state index in [0.29, 0.717) is 18.2 Å². The molecule has 1 aromatic carbocycles. The quantitative estimate of drug-likeness (QED) is 0.632. The van der Waals surface area contributed by atoms with E-state index in [-0.39, 0.29) is 5.69 Å². The van der Waals surface area contributed by atoms with Crippen molar-refractivity contribution in [2.45, 2.75) is 25.9 Å². The molecule has 0 atom stereocenters. The molecule has 5 nitrogen and oxygen atoms in total. The zero-order chi connectivity index (χ0) is 13.8. The molecule has 1 saturated heterocycles. The molecule has 1 aromatic rings. The molecule has 2 rings (SSSR count). The first-order chi connectivity index (χ1) is 9.10. The Bertz CT molecular complexity index is 463. The summed E-state index contributed by atoms with van der Waals surface area (Å²) < 4.78 is 13.4. The molecule has 1 N–H and O–H groups in total. The molecule has 6 heteroatoms. The molecular formula is C13H18FN3O2. The highest BCUT2D eigenvalue weighted by Crippen LogP contribution is 2.19. The summed E-state index contributed by atoms with van der Waals surface area (Å²) in [5.74, 6) is -0.549. The number of benzene rings is 1. The number of hydrogen-bond acceptors (Lipinski definition) is 4. The van der Waals surface area contributed by atoms with Crippen LogP contribution >= 0.6 is 0 Å². The van der Waals surface area contributed by atoms with Gasteiger partial charge < -0.3 is 5.32 Å². The van der Waals surface area contributed by atoms with Crippen molar-refractivity contribution in [3.8, 4) is 0 Å². The molecule has 1 aliphatic heterocycles. The fraction of sp³-hybridized carbons (Fsp3) is 0.538. The van der Waals surface area contributed by atoms with E-state index < -0.39 is 10.7 Å². The maximum Gasteiger partial charge on any atom is 0.272 e. The van der Waals surface area contributed by atoms with E-state index in [1.807, 2.05) is 0 Å². The van der Waals surface area contributed by atoms with Gasteiger partial charge in [-0.2, -0.15) is 0 Å². The Balaban J connectivity index is 2.13. The third-order valence-corrected chi connectivity index (χ3v) is 3.33. The molecule has 1 aliphatic rings. The Morgan fingerprint density at radius 2 is 2.21 bits per heavy atom. The second-order valence-electron chi connectivity index (χ2n) is 4.86. The molecule has 0 spiro atoms. The molecule has 0 bridgehead atoms. The number of rotatable bonds is 6. The number of nitro benzene ring substituents is 1. The normalized spacial score (nSPS) is 15.5. The molecule has 1 heterocycles. The Kier molecular flexibility index (Phi) is 4.44. The molecule has 0 radical (unpaired) electrons. The van der Waals surface area contributed by atoms with Gasteiger partial charge in [0.05, 0.1) is 11.0 Å². The van der Waals surface area contributed by atoms with Gasteiger partial charge in [0, 0.05) is 31.7 Å². The number of nitro groups is 1. The Morgan fingerprint density at radius 3 is 2.74 bits per heavy atom. The lowest BCUT2D eigenvalue weighted by atomic mass is 10.1. The van der Waals surface area contributed by atoms with Crippen molar-refractivity contribution < 1.29 is 9.31 Å². The molecule has 1 fully saturated rings. The Labute approximate surface area is 111 Å². The highest BCUT2D eigenvalue weighted by Gasteiger charge is 2.24. The molecule has 0 unspecified atom stereocenters. The number of hydrogen-bond donors (Lipinski definition) is 1. The van der Waals surface area contributed by atoms with Crippen LogP contribution in [0.15, 0.2) is 18.2 Å². The summed E-state index contributed by atoms with van der Waals surface area (Å²) in [6.45, 7) is 5.41. The van der Waals surface area contributed by atoms with Crippen LogP contribution in [0.25, 0.3) is 0 Å². The van der Waals surface area contributed by atoms with Gasteiger partial charge in [-0.15, -0.1) is 0 Å². The topological polar surface area (TPSA) is 58.4 Å². The highest BCUT2D eigenvalue weighted by molar-refractivity contribution is 5.35. The maximum atomic E-state index is 13.4. The van der Waals surface area contributed by atoms with Gasteiger partial charge in [0.25, 0.3) is 5.69 Å². The predicted molar refractivity (Wildman–Crippen MR) is 70.4 cm³/mol. The zero-order valence-corrected chi connectivity index (χ0v) is 10.9. The number of nitrogens with one attached hydrogen (secondary N) is 1. The molecule has 0 amide bonds. The van der Waals surface area contributed by atoms with Crippen LogP contribution in [0.3, 0.4) is 0 Å². The van der Waals surface area contributed by atoms with Gasteiger partial charge in [-0.1, -0.05) is 6.92 Å². The van der Waals surface area contributed by atoms with Gasteiger partial charge in [-0.05, 0) is 24.6 Å². The first kappa shape index (κ1) is 13.9. The number of nitrogens with zero attached hydrogens (tertiary/aromatic N) is 2. The van der Waals surface area contributed by atoms with Gasteiger partial charge in [0.1, 0.15) is 5.82 Å². The van der Waals surface area contributed by atoms with E-state index in [9.17, 15) is 14.5 Å². The molecule has 104 valence electrons. The third-order valence-electron chi connectivity index (χ3n) is 3.33. The molecule has 0 saturated carbocycles. The van der Waals surface area contributed by atoms with Crippen LogP contribution in [0.5, 0.6) is 0 Å². The van der Waals surface area contributed by atoms with Crippen LogP contribution in [0, 0.1) is 15.9 Å². The van der Waals surface area contributed by atoms with Crippen molar-refractivity contribution in [2.24, 2.45) is 0 Å². The summed E-state index contributed by atoms with van der Waals surface area (Å²) in [7, 11) is 0. The largest absolute Gasteiger partial charge is 0.314 e. The molecule has 0 aromatic heterocycles. The van der Waals surface area contributed by atoms with Gasteiger partial charge in [0.15, 0.2) is 0 Å². The van der Waals surface area contributed by atoms with Crippen molar-refractivity contribution in [3.05, 3.63) is 39.7 Å². The molecule has 19 heavy (non-hydrogen) atoms. The lowest BCUT2D eigenvalue weighted by molar-refractivity contribution is -0.385. The van der Waals surface area contributed by atoms with Gasteiger partial charge >= 0.3 is 0 Å². The van der Waals surface area contributed by atoms with Gasteiger partial charge in [0.2, 0.25) is 0 Å². The number of non-ortho nitro benzene ring substituents is 1. The highest BCUT2D eigenvalue weighted by atomic mass is 19.1. The summed E-state index contributed by atoms with van der Waals surface area (Å²) in [6.07, 6.45) is 1.01. The Morgan fingerprint density at radius 1 is 1.47 bits per heavy atom. The van der Waals surface area contributed by atoms with Crippen LogP contribution < -0.4 is 5.32 Å². The summed E-state index contributed by atoms with van der Waals surface area (Å²) in [5.41, 5.74) is 0.477. The molecule has 0 aliphatic carbocycles. The average molecular weight is 267 g/mol. The van der Waals surface area contributed by atoms with E-state index in [2.05, 4.69) is 17.1 Å². The van der Waals surface area contributed by atoms with E-state index in [0.717, 1.165) is 32.1 Å². The zero-order valence-electron chi connectivity index (χ0n) is 10.9. The van der Waals surface area contributed by atoms with Crippen LogP contribution in [0.4, 0.5) is 10.1 Å². The maximum absolute atomic E-state index is 13.4. The van der Waals surface area contributed by atoms with Crippen LogP contribution in [-0.2, 0) is 6.54 Å². The second kappa shape index (κ2) is 6.08. The summed E-state index contributed by atoms with van der Waals surface area (Å²) >= 11 is 0. The fourth-order valence-electron chi connectivity index (χ4n) is 2.27. The average Bonchev–Trinajstić information content (AvgIpc) is 2.26. The predicted octanol–water partition coefficient (Wildman–Crippen LogP) is 1.92. The van der Waals surface area contributed by atoms with Crippen molar-refractivity contribution in [1.82, 2.24) is 10.2 Å². The van der Waals surface area contributed by atoms with Crippen molar-refractivity contribution in [1.29, 1.82) is 0 Å². The number of halogens is 1. The summed E-state index contributed by atoms with van der Waals surface area (Å²) in [5, 5.41) is 13.9. The lowest BCUT2D eigenvalue weighted by Gasteiger charge is -2.38. The second-order valence-corrected chi connectivity index (χ2v) is 4.86. The van der Waals surface area contributed by atoms with E-state index in [1.165, 1.54) is 12.1 Å². The first-order valence-corrected chi connectivity index (χ1v) is 6.48. The minimum Gasteiger partial charge on any atom is -0.314 e. The van der Waals surface area contributed by atoms with Crippen molar-refractivity contribution >= 4 is 5.69 Å². The van der Waals surface area contributed by atoms with Crippen LogP contribution in [0.2, 0.25) is 0 Å². The van der Waals surface area contributed by atoms with E-state index in [1.54, 1.807) is 0 Å². The summed E-state index contributed by atoms with van der Waals surface area (Å²) in [4.78, 5) is 12.4. The lowest BCUT2D eigenvalue weighted by Crippen LogP contribution is -2.56. The van der Waals surface area contributed by atoms with Crippen LogP contribution in [-0.4, -0.2) is 35.5 Å².